The second-order valence-electron chi connectivity index (χ2n) is 6.31. The maximum absolute atomic E-state index is 12.4. The lowest BCUT2D eigenvalue weighted by Gasteiger charge is -2.29. The normalized spacial score (nSPS) is 15.4. The monoisotopic (exact) mass is 374 g/mol. The van der Waals surface area contributed by atoms with Gasteiger partial charge in [-0.2, -0.15) is 0 Å². The Labute approximate surface area is 158 Å². The molecule has 2 aromatic carbocycles. The van der Waals surface area contributed by atoms with Gasteiger partial charge in [-0.3, -0.25) is 4.79 Å². The minimum atomic E-state index is -0.617. The lowest BCUT2D eigenvalue weighted by molar-refractivity contribution is -0.122. The van der Waals surface area contributed by atoms with Gasteiger partial charge in [0, 0.05) is 29.5 Å². The third-order valence-electron chi connectivity index (χ3n) is 4.32. The molecule has 0 aliphatic carbocycles. The van der Waals surface area contributed by atoms with E-state index in [-0.39, 0.29) is 5.91 Å². The Hall–Kier alpha value is -2.24. The first kappa shape index (κ1) is 18.5. The van der Waals surface area contributed by atoms with E-state index in [9.17, 15) is 4.79 Å². The number of hydrogen-bond donors (Lipinski definition) is 1. The number of ether oxygens (including phenoxy) is 2. The summed E-state index contributed by atoms with van der Waals surface area (Å²) >= 11 is 5.95. The van der Waals surface area contributed by atoms with Gasteiger partial charge >= 0.3 is 0 Å². The Kier molecular flexibility index (Phi) is 6.01. The van der Waals surface area contributed by atoms with Gasteiger partial charge in [0.15, 0.2) is 6.10 Å². The first-order valence-electron chi connectivity index (χ1n) is 8.69. The molecule has 0 radical (unpaired) electrons. The van der Waals surface area contributed by atoms with Crippen molar-refractivity contribution < 1.29 is 14.3 Å². The Morgan fingerprint density at radius 2 is 1.88 bits per heavy atom. The van der Waals surface area contributed by atoms with Crippen molar-refractivity contribution in [2.24, 2.45) is 0 Å². The first-order valence-corrected chi connectivity index (χ1v) is 9.07. The second-order valence-corrected chi connectivity index (χ2v) is 6.74. The average Bonchev–Trinajstić information content (AvgIpc) is 2.65. The fraction of sp³-hybridized carbons (Fsp3) is 0.350. The molecule has 1 aliphatic heterocycles. The van der Waals surface area contributed by atoms with Crippen molar-refractivity contribution >= 4 is 28.9 Å². The molecule has 26 heavy (non-hydrogen) atoms. The van der Waals surface area contributed by atoms with Gasteiger partial charge < -0.3 is 19.7 Å². The molecule has 1 atom stereocenters. The Balaban J connectivity index is 1.58. The molecular weight excluding hydrogens is 352 g/mol. The van der Waals surface area contributed by atoms with Crippen LogP contribution in [0, 0.1) is 6.92 Å². The summed E-state index contributed by atoms with van der Waals surface area (Å²) < 4.78 is 11.1. The highest BCUT2D eigenvalue weighted by Gasteiger charge is 2.16. The van der Waals surface area contributed by atoms with Gasteiger partial charge in [-0.05, 0) is 61.9 Å². The summed E-state index contributed by atoms with van der Waals surface area (Å²) in [6.07, 6.45) is -0.617. The fourth-order valence-corrected chi connectivity index (χ4v) is 3.04. The number of amides is 1. The zero-order valence-electron chi connectivity index (χ0n) is 15.0. The molecule has 0 bridgehead atoms. The van der Waals surface area contributed by atoms with Gasteiger partial charge in [0.2, 0.25) is 0 Å². The number of carbonyl (C=O) groups excluding carboxylic acids is 1. The van der Waals surface area contributed by atoms with Gasteiger partial charge in [0.05, 0.1) is 13.2 Å². The lowest BCUT2D eigenvalue weighted by atomic mass is 10.2. The molecule has 0 spiro atoms. The summed E-state index contributed by atoms with van der Waals surface area (Å²) in [5, 5.41) is 3.54. The maximum Gasteiger partial charge on any atom is 0.265 e. The topological polar surface area (TPSA) is 50.8 Å². The van der Waals surface area contributed by atoms with Crippen LogP contribution in [0.2, 0.25) is 5.02 Å². The van der Waals surface area contributed by atoms with Crippen molar-refractivity contribution in [2.75, 3.05) is 36.5 Å². The van der Waals surface area contributed by atoms with Crippen LogP contribution < -0.4 is 15.0 Å². The first-order chi connectivity index (χ1) is 12.5. The van der Waals surface area contributed by atoms with Crippen LogP contribution in [0.1, 0.15) is 12.5 Å². The van der Waals surface area contributed by atoms with E-state index in [1.807, 2.05) is 37.3 Å². The van der Waals surface area contributed by atoms with E-state index in [1.165, 1.54) is 0 Å². The van der Waals surface area contributed by atoms with E-state index in [4.69, 9.17) is 21.1 Å². The van der Waals surface area contributed by atoms with Crippen LogP contribution in [0.4, 0.5) is 11.4 Å². The second kappa shape index (κ2) is 8.43. The number of nitrogens with one attached hydrogen (secondary N) is 1. The summed E-state index contributed by atoms with van der Waals surface area (Å²) in [5.74, 6) is 0.457. The molecule has 6 heteroatoms. The molecule has 0 aromatic heterocycles. The van der Waals surface area contributed by atoms with Crippen LogP contribution in [0.3, 0.4) is 0 Å². The molecule has 1 N–H and O–H groups in total. The highest BCUT2D eigenvalue weighted by atomic mass is 35.5. The number of hydrogen-bond acceptors (Lipinski definition) is 4. The third-order valence-corrected chi connectivity index (χ3v) is 4.56. The van der Waals surface area contributed by atoms with Crippen molar-refractivity contribution in [3.8, 4) is 5.75 Å². The van der Waals surface area contributed by atoms with Crippen LogP contribution in [0.25, 0.3) is 0 Å². The zero-order chi connectivity index (χ0) is 18.5. The maximum atomic E-state index is 12.4. The molecule has 1 aliphatic rings. The van der Waals surface area contributed by atoms with Gasteiger partial charge in [0.1, 0.15) is 5.75 Å². The molecule has 2 aromatic rings. The fourth-order valence-electron chi connectivity index (χ4n) is 2.81. The number of halogens is 1. The Morgan fingerprint density at radius 1 is 1.19 bits per heavy atom. The molecule has 1 amide bonds. The molecule has 1 heterocycles. The number of nitrogens with zero attached hydrogens (tertiary/aromatic N) is 1. The minimum absolute atomic E-state index is 0.196. The van der Waals surface area contributed by atoms with Gasteiger partial charge in [-0.25, -0.2) is 0 Å². The number of anilines is 2. The van der Waals surface area contributed by atoms with Crippen molar-refractivity contribution in [1.82, 2.24) is 0 Å². The van der Waals surface area contributed by atoms with E-state index in [2.05, 4.69) is 10.2 Å². The highest BCUT2D eigenvalue weighted by Crippen LogP contribution is 2.23. The molecule has 1 fully saturated rings. The van der Waals surface area contributed by atoms with E-state index in [1.54, 1.807) is 19.1 Å². The summed E-state index contributed by atoms with van der Waals surface area (Å²) in [6.45, 7) is 6.89. The number of benzene rings is 2. The Morgan fingerprint density at radius 3 is 2.54 bits per heavy atom. The molecule has 5 nitrogen and oxygen atoms in total. The highest BCUT2D eigenvalue weighted by molar-refractivity contribution is 6.30. The van der Waals surface area contributed by atoms with E-state index >= 15 is 0 Å². The zero-order valence-corrected chi connectivity index (χ0v) is 15.8. The average molecular weight is 375 g/mol. The summed E-state index contributed by atoms with van der Waals surface area (Å²) in [7, 11) is 0. The standard InChI is InChI=1S/C20H23ClN2O3/c1-14-13-16(21)3-8-19(14)26-15(2)20(24)22-17-4-6-18(7-5-17)23-9-11-25-12-10-23/h3-8,13,15H,9-12H2,1-2H3,(H,22,24). The van der Waals surface area contributed by atoms with Crippen LogP contribution in [0.15, 0.2) is 42.5 Å². The summed E-state index contributed by atoms with van der Waals surface area (Å²) in [6, 6.07) is 13.2. The van der Waals surface area contributed by atoms with Crippen molar-refractivity contribution in [2.45, 2.75) is 20.0 Å². The molecular formula is C20H23ClN2O3. The SMILES string of the molecule is Cc1cc(Cl)ccc1OC(C)C(=O)Nc1ccc(N2CCOCC2)cc1. The summed E-state index contributed by atoms with van der Waals surface area (Å²) in [4.78, 5) is 14.7. The number of rotatable bonds is 5. The van der Waals surface area contributed by atoms with Gasteiger partial charge in [0.25, 0.3) is 5.91 Å². The smallest absolute Gasteiger partial charge is 0.265 e. The quantitative estimate of drug-likeness (QED) is 0.862. The molecule has 0 saturated carbocycles. The van der Waals surface area contributed by atoms with Crippen molar-refractivity contribution in [1.29, 1.82) is 0 Å². The van der Waals surface area contributed by atoms with Crippen LogP contribution in [0.5, 0.6) is 5.75 Å². The summed E-state index contributed by atoms with van der Waals surface area (Å²) in [5.41, 5.74) is 2.77. The van der Waals surface area contributed by atoms with Crippen LogP contribution >= 0.6 is 11.6 Å². The van der Waals surface area contributed by atoms with E-state index in [0.29, 0.717) is 10.8 Å². The molecule has 1 unspecified atom stereocenters. The molecule has 1 saturated heterocycles. The van der Waals surface area contributed by atoms with Crippen LogP contribution in [-0.2, 0) is 9.53 Å². The number of morpholine rings is 1. The third kappa shape index (κ3) is 4.68. The molecule has 138 valence electrons. The van der Waals surface area contributed by atoms with Crippen molar-refractivity contribution in [3.63, 3.8) is 0 Å². The van der Waals surface area contributed by atoms with Gasteiger partial charge in [-0.1, -0.05) is 11.6 Å². The Bertz CT molecular complexity index is 758. The minimum Gasteiger partial charge on any atom is -0.481 e. The number of aryl methyl sites for hydroxylation is 1. The van der Waals surface area contributed by atoms with E-state index < -0.39 is 6.10 Å². The van der Waals surface area contributed by atoms with Gasteiger partial charge in [-0.15, -0.1) is 0 Å². The predicted molar refractivity (Wildman–Crippen MR) is 104 cm³/mol. The van der Waals surface area contributed by atoms with Crippen molar-refractivity contribution in [3.05, 3.63) is 53.1 Å². The largest absolute Gasteiger partial charge is 0.481 e. The number of carbonyl (C=O) groups is 1. The van der Waals surface area contributed by atoms with Crippen LogP contribution in [-0.4, -0.2) is 38.3 Å². The molecule has 3 rings (SSSR count). The lowest BCUT2D eigenvalue weighted by Crippen LogP contribution is -2.36. The van der Waals surface area contributed by atoms with E-state index in [0.717, 1.165) is 43.2 Å². The predicted octanol–water partition coefficient (Wildman–Crippen LogP) is 3.89.